The number of benzene rings is 1. The third-order valence-corrected chi connectivity index (χ3v) is 4.83. The molecule has 0 aliphatic rings. The van der Waals surface area contributed by atoms with Gasteiger partial charge in [-0.05, 0) is 51.1 Å². The molecule has 0 unspecified atom stereocenters. The molecule has 0 saturated carbocycles. The van der Waals surface area contributed by atoms with E-state index in [1.54, 1.807) is 42.9 Å². The average molecular weight is 430 g/mol. The number of carbonyl (C=O) groups is 1. The van der Waals surface area contributed by atoms with Crippen LogP contribution >= 0.6 is 0 Å². The van der Waals surface area contributed by atoms with Gasteiger partial charge >= 0.3 is 0 Å². The summed E-state index contributed by atoms with van der Waals surface area (Å²) in [6.07, 6.45) is 4.88. The van der Waals surface area contributed by atoms with Crippen LogP contribution in [0, 0.1) is 20.8 Å². The summed E-state index contributed by atoms with van der Waals surface area (Å²) >= 11 is 0. The Morgan fingerprint density at radius 3 is 2.53 bits per heavy atom. The van der Waals surface area contributed by atoms with Gasteiger partial charge < -0.3 is 10.6 Å². The van der Waals surface area contributed by atoms with Crippen LogP contribution in [0.15, 0.2) is 59.9 Å². The zero-order valence-corrected chi connectivity index (χ0v) is 17.9. The molecule has 3 heterocycles. The number of rotatable bonds is 6. The van der Waals surface area contributed by atoms with Crippen molar-refractivity contribution in [3.05, 3.63) is 82.6 Å². The fourth-order valence-corrected chi connectivity index (χ4v) is 3.07. The lowest BCUT2D eigenvalue weighted by Gasteiger charge is -2.11. The van der Waals surface area contributed by atoms with Crippen molar-refractivity contribution in [1.29, 1.82) is 0 Å². The fourth-order valence-electron chi connectivity index (χ4n) is 3.07. The van der Waals surface area contributed by atoms with Crippen LogP contribution in [0.4, 0.5) is 17.2 Å². The molecule has 3 aromatic heterocycles. The van der Waals surface area contributed by atoms with Crippen molar-refractivity contribution in [1.82, 2.24) is 29.3 Å². The van der Waals surface area contributed by atoms with Gasteiger partial charge in [0.1, 0.15) is 18.2 Å². The Balaban J connectivity index is 1.42. The van der Waals surface area contributed by atoms with Crippen LogP contribution in [0.25, 0.3) is 5.82 Å². The number of nitrogens with zero attached hydrogens (tertiary/aromatic N) is 6. The first kappa shape index (κ1) is 20.9. The van der Waals surface area contributed by atoms with Gasteiger partial charge in [-0.3, -0.25) is 14.2 Å². The lowest BCUT2D eigenvalue weighted by Crippen LogP contribution is -2.29. The Hall–Kier alpha value is -4.34. The zero-order chi connectivity index (χ0) is 22.7. The number of hydrogen-bond acceptors (Lipinski definition) is 7. The Morgan fingerprint density at radius 1 is 1.06 bits per heavy atom. The summed E-state index contributed by atoms with van der Waals surface area (Å²) in [6, 6.07) is 10.8. The van der Waals surface area contributed by atoms with Crippen molar-refractivity contribution in [2.75, 3.05) is 10.6 Å². The molecule has 1 aromatic carbocycles. The second-order valence-electron chi connectivity index (χ2n) is 7.25. The molecule has 4 aromatic rings. The van der Waals surface area contributed by atoms with Crippen LogP contribution < -0.4 is 16.2 Å². The minimum atomic E-state index is -0.312. The van der Waals surface area contributed by atoms with Gasteiger partial charge in [-0.1, -0.05) is 0 Å². The van der Waals surface area contributed by atoms with E-state index in [9.17, 15) is 9.59 Å². The minimum Gasteiger partial charge on any atom is -0.340 e. The largest absolute Gasteiger partial charge is 0.340 e. The molecule has 10 nitrogen and oxygen atoms in total. The summed E-state index contributed by atoms with van der Waals surface area (Å²) in [5.74, 6) is 1.58. The molecule has 2 N–H and O–H groups in total. The molecule has 4 rings (SSSR count). The van der Waals surface area contributed by atoms with Crippen molar-refractivity contribution in [2.45, 2.75) is 27.3 Å². The number of hydrogen-bond donors (Lipinski definition) is 2. The van der Waals surface area contributed by atoms with E-state index >= 15 is 0 Å². The number of amides is 1. The van der Waals surface area contributed by atoms with Gasteiger partial charge in [0.2, 0.25) is 5.91 Å². The van der Waals surface area contributed by atoms with Crippen LogP contribution in [0.3, 0.4) is 0 Å². The molecular weight excluding hydrogens is 408 g/mol. The van der Waals surface area contributed by atoms with Crippen molar-refractivity contribution in [2.24, 2.45) is 0 Å². The number of aromatic nitrogens is 6. The SMILES string of the molecule is Cc1nc(Nc2ccc(NC(=O)Cn3cnc(C)c(C)c3=O)cc2)cc(-n2cccn2)n1. The third-order valence-electron chi connectivity index (χ3n) is 4.83. The molecule has 10 heteroatoms. The van der Waals surface area contributed by atoms with Crippen molar-refractivity contribution < 1.29 is 4.79 Å². The molecule has 0 atom stereocenters. The predicted molar refractivity (Wildman–Crippen MR) is 120 cm³/mol. The number of nitrogens with one attached hydrogen (secondary N) is 2. The summed E-state index contributed by atoms with van der Waals surface area (Å²) in [5.41, 5.74) is 2.38. The number of carbonyl (C=O) groups excluding carboxylic acids is 1. The average Bonchev–Trinajstić information content (AvgIpc) is 3.30. The molecule has 0 radical (unpaired) electrons. The topological polar surface area (TPSA) is 120 Å². The van der Waals surface area contributed by atoms with Gasteiger partial charge in [-0.15, -0.1) is 0 Å². The normalized spacial score (nSPS) is 10.7. The van der Waals surface area contributed by atoms with Gasteiger partial charge in [0.05, 0.1) is 6.33 Å². The highest BCUT2D eigenvalue weighted by atomic mass is 16.2. The Bertz CT molecular complexity index is 1310. The Labute approximate surface area is 184 Å². The van der Waals surface area contributed by atoms with Gasteiger partial charge in [0.15, 0.2) is 5.82 Å². The first-order chi connectivity index (χ1) is 15.4. The lowest BCUT2D eigenvalue weighted by atomic mass is 10.2. The molecule has 0 saturated heterocycles. The van der Waals surface area contributed by atoms with Crippen LogP contribution in [0.2, 0.25) is 0 Å². The van der Waals surface area contributed by atoms with E-state index in [0.717, 1.165) is 5.69 Å². The van der Waals surface area contributed by atoms with Gasteiger partial charge in [-0.25, -0.2) is 19.6 Å². The fraction of sp³-hybridized carbons (Fsp3) is 0.182. The predicted octanol–water partition coefficient (Wildman–Crippen LogP) is 2.53. The second-order valence-corrected chi connectivity index (χ2v) is 7.25. The van der Waals surface area contributed by atoms with Crippen LogP contribution in [0.5, 0.6) is 0 Å². The van der Waals surface area contributed by atoms with Gasteiger partial charge in [0.25, 0.3) is 5.56 Å². The van der Waals surface area contributed by atoms with Crippen LogP contribution in [0.1, 0.15) is 17.1 Å². The maximum Gasteiger partial charge on any atom is 0.256 e. The summed E-state index contributed by atoms with van der Waals surface area (Å²) in [6.45, 7) is 5.16. The van der Waals surface area contributed by atoms with Crippen molar-refractivity contribution >= 4 is 23.1 Å². The summed E-state index contributed by atoms with van der Waals surface area (Å²) in [7, 11) is 0. The molecule has 0 spiro atoms. The molecule has 1 amide bonds. The molecular formula is C22H22N8O2. The summed E-state index contributed by atoms with van der Waals surface area (Å²) in [4.78, 5) is 37.5. The van der Waals surface area contributed by atoms with E-state index in [4.69, 9.17) is 0 Å². The Kier molecular flexibility index (Phi) is 5.75. The van der Waals surface area contributed by atoms with E-state index in [1.165, 1.54) is 10.9 Å². The highest BCUT2D eigenvalue weighted by Gasteiger charge is 2.09. The first-order valence-electron chi connectivity index (χ1n) is 9.94. The van der Waals surface area contributed by atoms with E-state index in [-0.39, 0.29) is 18.0 Å². The highest BCUT2D eigenvalue weighted by molar-refractivity contribution is 5.90. The van der Waals surface area contributed by atoms with E-state index in [1.807, 2.05) is 31.3 Å². The first-order valence-corrected chi connectivity index (χ1v) is 9.94. The molecule has 0 bridgehead atoms. The van der Waals surface area contributed by atoms with E-state index < -0.39 is 0 Å². The molecule has 0 aliphatic carbocycles. The molecule has 162 valence electrons. The quantitative estimate of drug-likeness (QED) is 0.482. The standard InChI is InChI=1S/C22H22N8O2/c1-14-15(2)23-13-29(22(14)32)12-21(31)28-18-7-5-17(6-8-18)27-19-11-20(26-16(3)25-19)30-10-4-9-24-30/h4-11,13H,12H2,1-3H3,(H,28,31)(H,25,26,27). The van der Waals surface area contributed by atoms with E-state index in [0.29, 0.717) is 34.4 Å². The Morgan fingerprint density at radius 2 is 1.81 bits per heavy atom. The van der Waals surface area contributed by atoms with Gasteiger partial charge in [-0.2, -0.15) is 5.10 Å². The van der Waals surface area contributed by atoms with Crippen LogP contribution in [-0.4, -0.2) is 35.2 Å². The second kappa shape index (κ2) is 8.80. The molecule has 32 heavy (non-hydrogen) atoms. The summed E-state index contributed by atoms with van der Waals surface area (Å²) < 4.78 is 2.96. The molecule has 0 fully saturated rings. The number of aryl methyl sites for hydroxylation is 2. The zero-order valence-electron chi connectivity index (χ0n) is 17.9. The monoisotopic (exact) mass is 430 g/mol. The van der Waals surface area contributed by atoms with Crippen molar-refractivity contribution in [3.8, 4) is 5.82 Å². The summed E-state index contributed by atoms with van der Waals surface area (Å²) in [5, 5.41) is 10.2. The smallest absolute Gasteiger partial charge is 0.256 e. The van der Waals surface area contributed by atoms with Gasteiger partial charge in [0, 0.05) is 41.1 Å². The molecule has 0 aliphatic heterocycles. The maximum absolute atomic E-state index is 12.4. The highest BCUT2D eigenvalue weighted by Crippen LogP contribution is 2.19. The number of anilines is 3. The van der Waals surface area contributed by atoms with Crippen LogP contribution in [-0.2, 0) is 11.3 Å². The maximum atomic E-state index is 12.4. The minimum absolute atomic E-state index is 0.108. The third kappa shape index (κ3) is 4.69. The van der Waals surface area contributed by atoms with E-state index in [2.05, 4.69) is 30.7 Å². The lowest BCUT2D eigenvalue weighted by molar-refractivity contribution is -0.116. The van der Waals surface area contributed by atoms with Crippen molar-refractivity contribution in [3.63, 3.8) is 0 Å².